The number of carbonyl (C=O) groups is 1. The molecule has 0 fully saturated rings. The lowest BCUT2D eigenvalue weighted by molar-refractivity contribution is -0.121. The lowest BCUT2D eigenvalue weighted by atomic mass is 9.81. The fourth-order valence-electron chi connectivity index (χ4n) is 3.63. The lowest BCUT2D eigenvalue weighted by Crippen LogP contribution is -2.27. The third kappa shape index (κ3) is 3.27. The molecule has 4 rings (SSSR count). The van der Waals surface area contributed by atoms with Crippen LogP contribution >= 0.6 is 0 Å². The molecule has 0 bridgehead atoms. The monoisotopic (exact) mass is 373 g/mol. The summed E-state index contributed by atoms with van der Waals surface area (Å²) < 4.78 is 15.0. The van der Waals surface area contributed by atoms with Crippen LogP contribution in [0, 0.1) is 11.7 Å². The first kappa shape index (κ1) is 17.9. The maximum Gasteiger partial charge on any atom is 0.221 e. The van der Waals surface area contributed by atoms with Crippen molar-refractivity contribution in [2.45, 2.75) is 12.8 Å². The number of fused-ring (bicyclic) bond motifs is 1. The minimum absolute atomic E-state index is 0.141. The lowest BCUT2D eigenvalue weighted by Gasteiger charge is -2.23. The van der Waals surface area contributed by atoms with Crippen LogP contribution in [0.25, 0.3) is 16.6 Å². The van der Waals surface area contributed by atoms with E-state index >= 15 is 0 Å². The van der Waals surface area contributed by atoms with Crippen molar-refractivity contribution < 1.29 is 9.18 Å². The van der Waals surface area contributed by atoms with Crippen molar-refractivity contribution in [1.29, 1.82) is 0 Å². The van der Waals surface area contributed by atoms with E-state index in [9.17, 15) is 9.18 Å². The number of rotatable bonds is 5. The molecule has 1 amide bonds. The van der Waals surface area contributed by atoms with Crippen molar-refractivity contribution in [3.05, 3.63) is 95.9 Å². The highest BCUT2D eigenvalue weighted by Crippen LogP contribution is 2.34. The predicted octanol–water partition coefficient (Wildman–Crippen LogP) is 4.42. The Morgan fingerprint density at radius 2 is 1.71 bits per heavy atom. The van der Waals surface area contributed by atoms with Crippen LogP contribution in [-0.2, 0) is 4.79 Å². The standard InChI is InChI=1S/C23H20FN3O/c1-15(23(25)28)22(16-5-3-2-4-6-16)17-7-12-21-18(13-17)14-26-27(21)20-10-8-19(24)9-11-20/h2-15,22H,1H3,(H2,25,28). The van der Waals surface area contributed by atoms with Gasteiger partial charge in [0.15, 0.2) is 0 Å². The second-order valence-corrected chi connectivity index (χ2v) is 6.93. The largest absolute Gasteiger partial charge is 0.369 e. The number of nitrogens with zero attached hydrogens (tertiary/aromatic N) is 2. The Bertz CT molecular complexity index is 1120. The third-order valence-corrected chi connectivity index (χ3v) is 5.13. The van der Waals surface area contributed by atoms with Crippen LogP contribution in [0.2, 0.25) is 0 Å². The van der Waals surface area contributed by atoms with Crippen molar-refractivity contribution in [2.24, 2.45) is 11.7 Å². The van der Waals surface area contributed by atoms with E-state index in [2.05, 4.69) is 5.10 Å². The molecule has 3 aromatic carbocycles. The zero-order valence-corrected chi connectivity index (χ0v) is 15.4. The van der Waals surface area contributed by atoms with Crippen molar-refractivity contribution >= 4 is 16.8 Å². The van der Waals surface area contributed by atoms with Gasteiger partial charge in [0, 0.05) is 17.2 Å². The van der Waals surface area contributed by atoms with Gasteiger partial charge in [0.25, 0.3) is 0 Å². The van der Waals surface area contributed by atoms with Gasteiger partial charge in [-0.05, 0) is 47.5 Å². The molecule has 2 atom stereocenters. The van der Waals surface area contributed by atoms with Crippen molar-refractivity contribution in [3.63, 3.8) is 0 Å². The topological polar surface area (TPSA) is 60.9 Å². The van der Waals surface area contributed by atoms with E-state index in [1.165, 1.54) is 12.1 Å². The molecule has 0 saturated carbocycles. The molecule has 28 heavy (non-hydrogen) atoms. The number of carbonyl (C=O) groups excluding carboxylic acids is 1. The minimum atomic E-state index is -0.355. The molecular formula is C23H20FN3O. The predicted molar refractivity (Wildman–Crippen MR) is 108 cm³/mol. The van der Waals surface area contributed by atoms with Crippen molar-refractivity contribution in [3.8, 4) is 5.69 Å². The summed E-state index contributed by atoms with van der Waals surface area (Å²) in [6, 6.07) is 22.1. The fourth-order valence-corrected chi connectivity index (χ4v) is 3.63. The first-order valence-corrected chi connectivity index (χ1v) is 9.12. The molecule has 0 spiro atoms. The van der Waals surface area contributed by atoms with Gasteiger partial charge in [-0.1, -0.05) is 43.3 Å². The number of amides is 1. The van der Waals surface area contributed by atoms with Crippen LogP contribution < -0.4 is 5.73 Å². The number of aromatic nitrogens is 2. The average molecular weight is 373 g/mol. The molecule has 1 aromatic heterocycles. The van der Waals surface area contributed by atoms with Gasteiger partial charge in [0.1, 0.15) is 5.82 Å². The van der Waals surface area contributed by atoms with Crippen LogP contribution in [0.3, 0.4) is 0 Å². The van der Waals surface area contributed by atoms with Crippen LogP contribution in [-0.4, -0.2) is 15.7 Å². The van der Waals surface area contributed by atoms with E-state index in [4.69, 9.17) is 5.73 Å². The molecule has 0 aliphatic rings. The maximum atomic E-state index is 13.2. The minimum Gasteiger partial charge on any atom is -0.369 e. The third-order valence-electron chi connectivity index (χ3n) is 5.13. The van der Waals surface area contributed by atoms with Gasteiger partial charge in [-0.15, -0.1) is 0 Å². The summed E-state index contributed by atoms with van der Waals surface area (Å²) in [4.78, 5) is 11.9. The van der Waals surface area contributed by atoms with Crippen LogP contribution in [0.5, 0.6) is 0 Å². The average Bonchev–Trinajstić information content (AvgIpc) is 3.13. The summed E-state index contributed by atoms with van der Waals surface area (Å²) >= 11 is 0. The molecule has 4 aromatic rings. The Morgan fingerprint density at radius 3 is 2.39 bits per heavy atom. The highest BCUT2D eigenvalue weighted by molar-refractivity contribution is 5.82. The Hall–Kier alpha value is -3.47. The molecule has 0 radical (unpaired) electrons. The SMILES string of the molecule is CC(C(N)=O)C(c1ccccc1)c1ccc2c(cnn2-c2ccc(F)cc2)c1. The molecule has 140 valence electrons. The molecule has 2 N–H and O–H groups in total. The van der Waals surface area contributed by atoms with E-state index < -0.39 is 0 Å². The second kappa shape index (κ2) is 7.27. The summed E-state index contributed by atoms with van der Waals surface area (Å²) in [5.41, 5.74) is 9.37. The number of hydrogen-bond donors (Lipinski definition) is 1. The first-order chi connectivity index (χ1) is 13.5. The van der Waals surface area contributed by atoms with E-state index in [0.29, 0.717) is 0 Å². The molecule has 0 saturated heterocycles. The van der Waals surface area contributed by atoms with Crippen LogP contribution in [0.1, 0.15) is 24.0 Å². The summed E-state index contributed by atoms with van der Waals surface area (Å²) in [5.74, 6) is -1.12. The fraction of sp³-hybridized carbons (Fsp3) is 0.130. The van der Waals surface area contributed by atoms with Crippen LogP contribution in [0.4, 0.5) is 4.39 Å². The smallest absolute Gasteiger partial charge is 0.221 e. The van der Waals surface area contributed by atoms with Crippen LogP contribution in [0.15, 0.2) is 79.0 Å². The van der Waals surface area contributed by atoms with Gasteiger partial charge >= 0.3 is 0 Å². The summed E-state index contributed by atoms with van der Waals surface area (Å²) in [5, 5.41) is 5.39. The van der Waals surface area contributed by atoms with Gasteiger partial charge in [0.05, 0.1) is 17.4 Å². The van der Waals surface area contributed by atoms with Gasteiger partial charge in [-0.3, -0.25) is 4.79 Å². The molecule has 5 heteroatoms. The Kier molecular flexibility index (Phi) is 4.65. The molecular weight excluding hydrogens is 353 g/mol. The number of benzene rings is 3. The highest BCUT2D eigenvalue weighted by atomic mass is 19.1. The van der Waals surface area contributed by atoms with Crippen molar-refractivity contribution in [2.75, 3.05) is 0 Å². The molecule has 4 nitrogen and oxygen atoms in total. The number of hydrogen-bond acceptors (Lipinski definition) is 2. The maximum absolute atomic E-state index is 13.2. The Balaban J connectivity index is 1.80. The van der Waals surface area contributed by atoms with E-state index in [-0.39, 0.29) is 23.6 Å². The van der Waals surface area contributed by atoms with Gasteiger partial charge in [-0.25, -0.2) is 9.07 Å². The molecule has 2 unspecified atom stereocenters. The van der Waals surface area contributed by atoms with E-state index in [0.717, 1.165) is 27.7 Å². The Morgan fingerprint density at radius 1 is 1.00 bits per heavy atom. The zero-order chi connectivity index (χ0) is 19.7. The summed E-state index contributed by atoms with van der Waals surface area (Å²) in [7, 11) is 0. The first-order valence-electron chi connectivity index (χ1n) is 9.12. The quantitative estimate of drug-likeness (QED) is 0.563. The number of nitrogens with two attached hydrogens (primary N) is 1. The van der Waals surface area contributed by atoms with Gasteiger partial charge < -0.3 is 5.73 Å². The van der Waals surface area contributed by atoms with Gasteiger partial charge in [0.2, 0.25) is 5.91 Å². The summed E-state index contributed by atoms with van der Waals surface area (Å²) in [6.45, 7) is 1.85. The number of halogens is 1. The van der Waals surface area contributed by atoms with E-state index in [1.807, 2.05) is 55.5 Å². The highest BCUT2D eigenvalue weighted by Gasteiger charge is 2.26. The number of primary amides is 1. The zero-order valence-electron chi connectivity index (χ0n) is 15.4. The van der Waals surface area contributed by atoms with Crippen molar-refractivity contribution in [1.82, 2.24) is 9.78 Å². The molecule has 1 heterocycles. The Labute approximate surface area is 162 Å². The second-order valence-electron chi connectivity index (χ2n) is 6.93. The molecule has 0 aliphatic heterocycles. The normalized spacial score (nSPS) is 13.4. The summed E-state index contributed by atoms with van der Waals surface area (Å²) in [6.07, 6.45) is 1.78. The van der Waals surface area contributed by atoms with E-state index in [1.54, 1.807) is 23.0 Å². The molecule has 0 aliphatic carbocycles. The van der Waals surface area contributed by atoms with Gasteiger partial charge in [-0.2, -0.15) is 5.10 Å².